The molecule has 4 rings (SSSR count). The number of rotatable bonds is 6. The molecule has 6 heteroatoms. The van der Waals surface area contributed by atoms with E-state index in [4.69, 9.17) is 9.47 Å². The van der Waals surface area contributed by atoms with E-state index >= 15 is 0 Å². The first kappa shape index (κ1) is 22.1. The van der Waals surface area contributed by atoms with Crippen LogP contribution < -0.4 is 4.74 Å². The molecule has 0 bridgehead atoms. The minimum atomic E-state index is -0.670. The van der Waals surface area contributed by atoms with Crippen LogP contribution in [0.1, 0.15) is 55.3 Å². The van der Waals surface area contributed by atoms with E-state index in [-0.39, 0.29) is 23.4 Å². The van der Waals surface area contributed by atoms with Crippen molar-refractivity contribution in [2.75, 3.05) is 20.3 Å². The second-order valence-electron chi connectivity index (χ2n) is 8.61. The Labute approximate surface area is 188 Å². The molecule has 2 saturated heterocycles. The Kier molecular flexibility index (Phi) is 6.33. The standard InChI is InChI=1S/C26H29NO5/c1-16(2)20-14-18(11-12-21(20)31-3)24(28)22-23(17-8-5-4-6-9-17)27(26(30)25(22)29)15-19-10-7-13-32-19/h4-6,8-9,11-12,14,16,19,23,28H,7,10,13,15H2,1-3H3/b24-22-. The molecule has 2 aromatic rings. The van der Waals surface area contributed by atoms with E-state index in [9.17, 15) is 14.7 Å². The highest BCUT2D eigenvalue weighted by atomic mass is 16.5. The number of aliphatic hydroxyl groups excluding tert-OH is 1. The predicted octanol–water partition coefficient (Wildman–Crippen LogP) is 4.42. The molecule has 0 saturated carbocycles. The van der Waals surface area contributed by atoms with Crippen molar-refractivity contribution in [3.63, 3.8) is 0 Å². The van der Waals surface area contributed by atoms with E-state index in [1.54, 1.807) is 24.1 Å². The van der Waals surface area contributed by atoms with Gasteiger partial charge in [0.15, 0.2) is 0 Å². The Morgan fingerprint density at radius 1 is 1.19 bits per heavy atom. The van der Waals surface area contributed by atoms with Gasteiger partial charge in [0, 0.05) is 18.7 Å². The number of ketones is 1. The van der Waals surface area contributed by atoms with Gasteiger partial charge in [-0.05, 0) is 48.1 Å². The fourth-order valence-corrected chi connectivity index (χ4v) is 4.55. The highest BCUT2D eigenvalue weighted by molar-refractivity contribution is 6.46. The lowest BCUT2D eigenvalue weighted by atomic mass is 9.93. The maximum Gasteiger partial charge on any atom is 0.295 e. The molecule has 1 N–H and O–H groups in total. The molecule has 0 aromatic heterocycles. The number of likely N-dealkylation sites (tertiary alicyclic amines) is 1. The summed E-state index contributed by atoms with van der Waals surface area (Å²) in [6, 6.07) is 14.0. The summed E-state index contributed by atoms with van der Waals surface area (Å²) >= 11 is 0. The summed E-state index contributed by atoms with van der Waals surface area (Å²) in [5.74, 6) is -0.569. The lowest BCUT2D eigenvalue weighted by Crippen LogP contribution is -2.36. The number of hydrogen-bond donors (Lipinski definition) is 1. The number of benzene rings is 2. The summed E-state index contributed by atoms with van der Waals surface area (Å²) in [6.45, 7) is 5.05. The minimum absolute atomic E-state index is 0.104. The summed E-state index contributed by atoms with van der Waals surface area (Å²) in [4.78, 5) is 27.8. The molecule has 2 fully saturated rings. The lowest BCUT2D eigenvalue weighted by molar-refractivity contribution is -0.140. The Morgan fingerprint density at radius 3 is 2.56 bits per heavy atom. The third kappa shape index (κ3) is 4.02. The Hall–Kier alpha value is -3.12. The van der Waals surface area contributed by atoms with Crippen LogP contribution in [-0.4, -0.2) is 48.1 Å². The average Bonchev–Trinajstić information content (AvgIpc) is 3.41. The van der Waals surface area contributed by atoms with Gasteiger partial charge in [-0.2, -0.15) is 0 Å². The predicted molar refractivity (Wildman–Crippen MR) is 122 cm³/mol. The SMILES string of the molecule is COc1ccc(/C(O)=C2/C(=O)C(=O)N(CC3CCCO3)C2c2ccccc2)cc1C(C)C. The Balaban J connectivity index is 1.83. The molecule has 6 nitrogen and oxygen atoms in total. The highest BCUT2D eigenvalue weighted by Gasteiger charge is 2.47. The fourth-order valence-electron chi connectivity index (χ4n) is 4.55. The van der Waals surface area contributed by atoms with Crippen LogP contribution in [0, 0.1) is 0 Å². The molecule has 2 aromatic carbocycles. The fraction of sp³-hybridized carbons (Fsp3) is 0.385. The minimum Gasteiger partial charge on any atom is -0.507 e. The first-order valence-electron chi connectivity index (χ1n) is 11.1. The van der Waals surface area contributed by atoms with Crippen LogP contribution >= 0.6 is 0 Å². The van der Waals surface area contributed by atoms with E-state index in [1.165, 1.54) is 0 Å². The molecular weight excluding hydrogens is 406 g/mol. The molecule has 1 amide bonds. The average molecular weight is 436 g/mol. The molecule has 0 aliphatic carbocycles. The molecular formula is C26H29NO5. The van der Waals surface area contributed by atoms with Crippen LogP contribution in [0.25, 0.3) is 5.76 Å². The maximum atomic E-state index is 13.2. The van der Waals surface area contributed by atoms with Gasteiger partial charge >= 0.3 is 0 Å². The zero-order chi connectivity index (χ0) is 22.8. The molecule has 2 aliphatic heterocycles. The number of amides is 1. The van der Waals surface area contributed by atoms with Crippen molar-refractivity contribution in [2.24, 2.45) is 0 Å². The number of carbonyl (C=O) groups is 2. The highest BCUT2D eigenvalue weighted by Crippen LogP contribution is 2.41. The normalized spacial score (nSPS) is 22.7. The maximum absolute atomic E-state index is 13.2. The van der Waals surface area contributed by atoms with Crippen molar-refractivity contribution in [2.45, 2.75) is 44.8 Å². The number of nitrogens with zero attached hydrogens (tertiary/aromatic N) is 1. The molecule has 2 unspecified atom stereocenters. The van der Waals surface area contributed by atoms with Crippen LogP contribution in [0.15, 0.2) is 54.1 Å². The third-order valence-electron chi connectivity index (χ3n) is 6.20. The van der Waals surface area contributed by atoms with Crippen molar-refractivity contribution in [3.05, 3.63) is 70.8 Å². The van der Waals surface area contributed by atoms with Gasteiger partial charge in [-0.25, -0.2) is 0 Å². The van der Waals surface area contributed by atoms with E-state index in [1.807, 2.05) is 50.2 Å². The van der Waals surface area contributed by atoms with Crippen molar-refractivity contribution in [1.29, 1.82) is 0 Å². The topological polar surface area (TPSA) is 76.1 Å². The van der Waals surface area contributed by atoms with Crippen LogP contribution in [-0.2, 0) is 14.3 Å². The zero-order valence-corrected chi connectivity index (χ0v) is 18.7. The van der Waals surface area contributed by atoms with Crippen LogP contribution in [0.4, 0.5) is 0 Å². The molecule has 0 radical (unpaired) electrons. The molecule has 0 spiro atoms. The van der Waals surface area contributed by atoms with Gasteiger partial charge in [0.05, 0.1) is 24.8 Å². The smallest absolute Gasteiger partial charge is 0.295 e. The van der Waals surface area contributed by atoms with E-state index < -0.39 is 17.7 Å². The number of aliphatic hydroxyl groups is 1. The van der Waals surface area contributed by atoms with Gasteiger partial charge in [0.25, 0.3) is 11.7 Å². The molecule has 2 atom stereocenters. The second-order valence-corrected chi connectivity index (χ2v) is 8.61. The first-order chi connectivity index (χ1) is 15.4. The molecule has 2 aliphatic rings. The number of hydrogen-bond acceptors (Lipinski definition) is 5. The van der Waals surface area contributed by atoms with E-state index in [0.717, 1.165) is 29.7 Å². The Morgan fingerprint density at radius 2 is 1.94 bits per heavy atom. The summed E-state index contributed by atoms with van der Waals surface area (Å²) in [6.07, 6.45) is 1.68. The third-order valence-corrected chi connectivity index (χ3v) is 6.20. The largest absolute Gasteiger partial charge is 0.507 e. The monoisotopic (exact) mass is 435 g/mol. The first-order valence-corrected chi connectivity index (χ1v) is 11.1. The van der Waals surface area contributed by atoms with Crippen molar-refractivity contribution in [3.8, 4) is 5.75 Å². The van der Waals surface area contributed by atoms with Crippen molar-refractivity contribution < 1.29 is 24.2 Å². The van der Waals surface area contributed by atoms with Gasteiger partial charge in [0.2, 0.25) is 0 Å². The van der Waals surface area contributed by atoms with Gasteiger partial charge in [-0.15, -0.1) is 0 Å². The number of methoxy groups -OCH3 is 1. The van der Waals surface area contributed by atoms with Gasteiger partial charge in [-0.3, -0.25) is 9.59 Å². The zero-order valence-electron chi connectivity index (χ0n) is 18.7. The van der Waals surface area contributed by atoms with Gasteiger partial charge in [0.1, 0.15) is 11.5 Å². The molecule has 2 heterocycles. The summed E-state index contributed by atoms with van der Waals surface area (Å²) in [5, 5.41) is 11.3. The summed E-state index contributed by atoms with van der Waals surface area (Å²) < 4.78 is 11.2. The number of ether oxygens (including phenoxy) is 2. The van der Waals surface area contributed by atoms with Crippen molar-refractivity contribution in [1.82, 2.24) is 4.90 Å². The van der Waals surface area contributed by atoms with Crippen LogP contribution in [0.2, 0.25) is 0 Å². The summed E-state index contributed by atoms with van der Waals surface area (Å²) in [5.41, 5.74) is 2.30. The quantitative estimate of drug-likeness (QED) is 0.413. The Bertz CT molecular complexity index is 1040. The summed E-state index contributed by atoms with van der Waals surface area (Å²) in [7, 11) is 1.60. The number of carbonyl (C=O) groups excluding carboxylic acids is 2. The molecule has 32 heavy (non-hydrogen) atoms. The second kappa shape index (κ2) is 9.17. The number of Topliss-reactive ketones (excluding diaryl/α,β-unsaturated/α-hetero) is 1. The van der Waals surface area contributed by atoms with E-state index in [0.29, 0.717) is 18.7 Å². The van der Waals surface area contributed by atoms with Gasteiger partial charge in [-0.1, -0.05) is 44.2 Å². The van der Waals surface area contributed by atoms with Crippen LogP contribution in [0.5, 0.6) is 5.75 Å². The van der Waals surface area contributed by atoms with Gasteiger partial charge < -0.3 is 19.5 Å². The van der Waals surface area contributed by atoms with Crippen LogP contribution in [0.3, 0.4) is 0 Å². The van der Waals surface area contributed by atoms with Crippen molar-refractivity contribution >= 4 is 17.4 Å². The molecule has 168 valence electrons. The van der Waals surface area contributed by atoms with E-state index in [2.05, 4.69) is 0 Å². The lowest BCUT2D eigenvalue weighted by Gasteiger charge is -2.27.